The maximum atomic E-state index is 9.83. The SMILES string of the molecule is CC1(C)CN(C2CC(N)C2)CCC1O. The van der Waals surface area contributed by atoms with Crippen LogP contribution in [0.2, 0.25) is 0 Å². The van der Waals surface area contributed by atoms with E-state index >= 15 is 0 Å². The summed E-state index contributed by atoms with van der Waals surface area (Å²) in [5, 5.41) is 9.83. The van der Waals surface area contributed by atoms with Gasteiger partial charge in [-0.05, 0) is 19.3 Å². The second-order valence-corrected chi connectivity index (χ2v) is 5.65. The van der Waals surface area contributed by atoms with Crippen molar-refractivity contribution in [1.82, 2.24) is 4.90 Å². The summed E-state index contributed by atoms with van der Waals surface area (Å²) in [6.07, 6.45) is 3.07. The Morgan fingerprint density at radius 2 is 2.00 bits per heavy atom. The van der Waals surface area contributed by atoms with Gasteiger partial charge in [0.2, 0.25) is 0 Å². The fourth-order valence-electron chi connectivity index (χ4n) is 2.63. The maximum Gasteiger partial charge on any atom is 0.0615 e. The predicted molar refractivity (Wildman–Crippen MR) is 57.0 cm³/mol. The van der Waals surface area contributed by atoms with Crippen molar-refractivity contribution in [3.05, 3.63) is 0 Å². The van der Waals surface area contributed by atoms with E-state index in [0.717, 1.165) is 32.4 Å². The largest absolute Gasteiger partial charge is 0.392 e. The van der Waals surface area contributed by atoms with Crippen LogP contribution in [-0.4, -0.2) is 41.3 Å². The van der Waals surface area contributed by atoms with Gasteiger partial charge in [0.15, 0.2) is 0 Å². The summed E-state index contributed by atoms with van der Waals surface area (Å²) in [5.74, 6) is 0. The Bertz CT molecular complexity index is 211. The highest BCUT2D eigenvalue weighted by Gasteiger charge is 2.40. The van der Waals surface area contributed by atoms with Crippen LogP contribution in [0, 0.1) is 5.41 Å². The summed E-state index contributed by atoms with van der Waals surface area (Å²) in [5.41, 5.74) is 5.85. The zero-order chi connectivity index (χ0) is 10.3. The Hall–Kier alpha value is -0.120. The molecule has 14 heavy (non-hydrogen) atoms. The Morgan fingerprint density at radius 3 is 2.50 bits per heavy atom. The number of rotatable bonds is 1. The first-order chi connectivity index (χ1) is 6.49. The molecule has 0 spiro atoms. The molecule has 0 radical (unpaired) electrons. The molecular formula is C11H22N2O. The van der Waals surface area contributed by atoms with E-state index in [1.54, 1.807) is 0 Å². The van der Waals surface area contributed by atoms with Crippen molar-refractivity contribution >= 4 is 0 Å². The van der Waals surface area contributed by atoms with Gasteiger partial charge in [0.25, 0.3) is 0 Å². The van der Waals surface area contributed by atoms with Crippen LogP contribution in [-0.2, 0) is 0 Å². The second kappa shape index (κ2) is 3.47. The van der Waals surface area contributed by atoms with Crippen molar-refractivity contribution in [2.45, 2.75) is 51.3 Å². The minimum absolute atomic E-state index is 0.0535. The van der Waals surface area contributed by atoms with Crippen LogP contribution < -0.4 is 5.73 Å². The molecule has 1 aliphatic carbocycles. The van der Waals surface area contributed by atoms with Gasteiger partial charge in [-0.3, -0.25) is 4.90 Å². The van der Waals surface area contributed by atoms with Gasteiger partial charge in [0, 0.05) is 30.6 Å². The summed E-state index contributed by atoms with van der Waals surface area (Å²) in [4.78, 5) is 2.51. The van der Waals surface area contributed by atoms with Crippen LogP contribution in [0.25, 0.3) is 0 Å². The van der Waals surface area contributed by atoms with E-state index in [9.17, 15) is 5.11 Å². The van der Waals surface area contributed by atoms with Crippen molar-refractivity contribution in [2.75, 3.05) is 13.1 Å². The highest BCUT2D eigenvalue weighted by Crippen LogP contribution is 2.34. The molecule has 0 aromatic rings. The predicted octanol–water partition coefficient (Wildman–Crippen LogP) is 0.569. The topological polar surface area (TPSA) is 49.5 Å². The lowest BCUT2D eigenvalue weighted by molar-refractivity contribution is -0.0519. The summed E-state index contributed by atoms with van der Waals surface area (Å²) >= 11 is 0. The van der Waals surface area contributed by atoms with E-state index in [2.05, 4.69) is 18.7 Å². The van der Waals surface area contributed by atoms with Crippen LogP contribution in [0.3, 0.4) is 0 Å². The van der Waals surface area contributed by atoms with Crippen LogP contribution >= 0.6 is 0 Å². The fourth-order valence-corrected chi connectivity index (χ4v) is 2.63. The number of hydrogen-bond acceptors (Lipinski definition) is 3. The summed E-state index contributed by atoms with van der Waals surface area (Å²) in [7, 11) is 0. The smallest absolute Gasteiger partial charge is 0.0615 e. The number of nitrogens with zero attached hydrogens (tertiary/aromatic N) is 1. The quantitative estimate of drug-likeness (QED) is 0.647. The molecule has 3 N–H and O–H groups in total. The van der Waals surface area contributed by atoms with Crippen molar-refractivity contribution in [3.8, 4) is 0 Å². The third kappa shape index (κ3) is 1.81. The van der Waals surface area contributed by atoms with Crippen molar-refractivity contribution in [1.29, 1.82) is 0 Å². The zero-order valence-electron chi connectivity index (χ0n) is 9.24. The molecular weight excluding hydrogens is 176 g/mol. The molecule has 2 rings (SSSR count). The first kappa shape index (κ1) is 10.4. The van der Waals surface area contributed by atoms with E-state index in [1.165, 1.54) is 0 Å². The Kier molecular flexibility index (Phi) is 2.58. The summed E-state index contributed by atoms with van der Waals surface area (Å²) < 4.78 is 0. The molecule has 1 saturated heterocycles. The van der Waals surface area contributed by atoms with E-state index in [-0.39, 0.29) is 11.5 Å². The minimum Gasteiger partial charge on any atom is -0.392 e. The van der Waals surface area contributed by atoms with Gasteiger partial charge < -0.3 is 10.8 Å². The molecule has 0 aromatic carbocycles. The molecule has 1 atom stereocenters. The average molecular weight is 198 g/mol. The lowest BCUT2D eigenvalue weighted by atomic mass is 9.78. The van der Waals surface area contributed by atoms with E-state index in [0.29, 0.717) is 12.1 Å². The Balaban J connectivity index is 1.90. The number of hydrogen-bond donors (Lipinski definition) is 2. The number of aliphatic hydroxyl groups excluding tert-OH is 1. The van der Waals surface area contributed by atoms with Crippen molar-refractivity contribution < 1.29 is 5.11 Å². The van der Waals surface area contributed by atoms with Crippen LogP contribution in [0.5, 0.6) is 0 Å². The Labute approximate surface area is 86.3 Å². The summed E-state index contributed by atoms with van der Waals surface area (Å²) in [6, 6.07) is 1.12. The highest BCUT2D eigenvalue weighted by molar-refractivity contribution is 4.95. The van der Waals surface area contributed by atoms with Gasteiger partial charge in [-0.1, -0.05) is 13.8 Å². The standard InChI is InChI=1S/C11H22N2O/c1-11(2)7-13(4-3-10(11)14)9-5-8(12)6-9/h8-10,14H,3-7,12H2,1-2H3. The van der Waals surface area contributed by atoms with E-state index < -0.39 is 0 Å². The van der Waals surface area contributed by atoms with Crippen LogP contribution in [0.15, 0.2) is 0 Å². The van der Waals surface area contributed by atoms with Crippen molar-refractivity contribution in [2.24, 2.45) is 11.1 Å². The molecule has 1 saturated carbocycles. The normalized spacial score (nSPS) is 43.3. The minimum atomic E-state index is -0.132. The highest BCUT2D eigenvalue weighted by atomic mass is 16.3. The van der Waals surface area contributed by atoms with Gasteiger partial charge >= 0.3 is 0 Å². The maximum absolute atomic E-state index is 9.83. The molecule has 1 unspecified atom stereocenters. The molecule has 0 bridgehead atoms. The molecule has 3 nitrogen and oxygen atoms in total. The molecule has 0 aromatic heterocycles. The fraction of sp³-hybridized carbons (Fsp3) is 1.00. The molecule has 1 aliphatic heterocycles. The molecule has 2 aliphatic rings. The Morgan fingerprint density at radius 1 is 1.36 bits per heavy atom. The van der Waals surface area contributed by atoms with Crippen LogP contribution in [0.4, 0.5) is 0 Å². The van der Waals surface area contributed by atoms with Gasteiger partial charge in [-0.2, -0.15) is 0 Å². The summed E-state index contributed by atoms with van der Waals surface area (Å²) in [6.45, 7) is 6.37. The second-order valence-electron chi connectivity index (χ2n) is 5.65. The van der Waals surface area contributed by atoms with Crippen LogP contribution in [0.1, 0.15) is 33.1 Å². The zero-order valence-corrected chi connectivity index (χ0v) is 9.24. The third-order valence-corrected chi connectivity index (χ3v) is 3.87. The van der Waals surface area contributed by atoms with E-state index in [4.69, 9.17) is 5.73 Å². The van der Waals surface area contributed by atoms with Crippen molar-refractivity contribution in [3.63, 3.8) is 0 Å². The van der Waals surface area contributed by atoms with Gasteiger partial charge in [-0.25, -0.2) is 0 Å². The number of piperidine rings is 1. The molecule has 2 fully saturated rings. The monoisotopic (exact) mass is 198 g/mol. The number of likely N-dealkylation sites (tertiary alicyclic amines) is 1. The lowest BCUT2D eigenvalue weighted by Gasteiger charge is -2.49. The van der Waals surface area contributed by atoms with Gasteiger partial charge in [0.05, 0.1) is 6.10 Å². The molecule has 0 amide bonds. The number of aliphatic hydroxyl groups is 1. The first-order valence-corrected chi connectivity index (χ1v) is 5.67. The van der Waals surface area contributed by atoms with Gasteiger partial charge in [0.1, 0.15) is 0 Å². The average Bonchev–Trinajstić information content (AvgIpc) is 2.04. The van der Waals surface area contributed by atoms with Gasteiger partial charge in [-0.15, -0.1) is 0 Å². The molecule has 1 heterocycles. The third-order valence-electron chi connectivity index (χ3n) is 3.87. The van der Waals surface area contributed by atoms with E-state index in [1.807, 2.05) is 0 Å². The molecule has 82 valence electrons. The first-order valence-electron chi connectivity index (χ1n) is 5.67. The number of nitrogens with two attached hydrogens (primary N) is 1. The lowest BCUT2D eigenvalue weighted by Crippen LogP contribution is -2.57. The molecule has 3 heteroatoms.